The van der Waals surface area contributed by atoms with Gasteiger partial charge < -0.3 is 9.47 Å². The molecule has 0 aromatic carbocycles. The molecular weight excluding hydrogens is 400 g/mol. The van der Waals surface area contributed by atoms with Crippen LogP contribution in [0.25, 0.3) is 0 Å². The Morgan fingerprint density at radius 1 is 0.594 bits per heavy atom. The maximum atomic E-state index is 12.2. The van der Waals surface area contributed by atoms with Crippen molar-refractivity contribution in [3.8, 4) is 0 Å². The maximum absolute atomic E-state index is 12.2. The molecule has 32 heavy (non-hydrogen) atoms. The molecule has 0 aliphatic rings. The Morgan fingerprint density at radius 3 is 1.38 bits per heavy atom. The molecule has 0 bridgehead atoms. The molecule has 190 valence electrons. The summed E-state index contributed by atoms with van der Waals surface area (Å²) in [5, 5.41) is 0. The van der Waals surface area contributed by atoms with E-state index in [9.17, 15) is 9.59 Å². The summed E-state index contributed by atoms with van der Waals surface area (Å²) in [5.41, 5.74) is 0. The summed E-state index contributed by atoms with van der Waals surface area (Å²) in [5.74, 6) is -0.375. The average Bonchev–Trinajstić information content (AvgIpc) is 2.80. The summed E-state index contributed by atoms with van der Waals surface area (Å²) < 4.78 is 10.3. The molecule has 0 aliphatic carbocycles. The van der Waals surface area contributed by atoms with Crippen LogP contribution in [0, 0.1) is 0 Å². The molecule has 1 atom stereocenters. The van der Waals surface area contributed by atoms with Gasteiger partial charge in [0.15, 0.2) is 6.10 Å². The highest BCUT2D eigenvalue weighted by Crippen LogP contribution is 2.14. The zero-order valence-electron chi connectivity index (χ0n) is 21.6. The fourth-order valence-corrected chi connectivity index (χ4v) is 4.16. The average molecular weight is 455 g/mol. The van der Waals surface area contributed by atoms with Gasteiger partial charge in [-0.15, -0.1) is 0 Å². The Kier molecular flexibility index (Phi) is 25.3. The predicted molar refractivity (Wildman–Crippen MR) is 135 cm³/mol. The van der Waals surface area contributed by atoms with E-state index in [-0.39, 0.29) is 5.97 Å². The zero-order chi connectivity index (χ0) is 23.5. The largest absolute Gasteiger partial charge is 0.463 e. The fraction of sp³-hybridized carbons (Fsp3) is 0.929. The lowest BCUT2D eigenvalue weighted by atomic mass is 10.0. The molecule has 0 aromatic rings. The highest BCUT2D eigenvalue weighted by atomic mass is 16.6. The van der Waals surface area contributed by atoms with Crippen molar-refractivity contribution in [2.75, 3.05) is 6.61 Å². The second kappa shape index (κ2) is 26.2. The molecule has 0 spiro atoms. The molecule has 0 fully saturated rings. The van der Waals surface area contributed by atoms with E-state index in [2.05, 4.69) is 13.8 Å². The minimum absolute atomic E-state index is 0.375. The first kappa shape index (κ1) is 30.9. The SMILES string of the molecule is CCCCCCCCCCCCCC(OC=O)C(=O)OCCCCCCCCCCCC. The lowest BCUT2D eigenvalue weighted by Gasteiger charge is -2.14. The summed E-state index contributed by atoms with van der Waals surface area (Å²) in [6, 6.07) is 0. The number of rotatable bonds is 26. The molecule has 0 aromatic heterocycles. The number of carbonyl (C=O) groups excluding carboxylic acids is 2. The summed E-state index contributed by atoms with van der Waals surface area (Å²) in [6.07, 6.45) is 26.3. The van der Waals surface area contributed by atoms with Gasteiger partial charge in [0.25, 0.3) is 6.47 Å². The Morgan fingerprint density at radius 2 is 0.969 bits per heavy atom. The second-order valence-corrected chi connectivity index (χ2v) is 9.39. The third-order valence-corrected chi connectivity index (χ3v) is 6.29. The van der Waals surface area contributed by atoms with Gasteiger partial charge in [-0.2, -0.15) is 0 Å². The van der Waals surface area contributed by atoms with Gasteiger partial charge in [-0.3, -0.25) is 4.79 Å². The van der Waals surface area contributed by atoms with Gasteiger partial charge >= 0.3 is 5.97 Å². The number of ether oxygens (including phenoxy) is 2. The molecule has 0 saturated heterocycles. The van der Waals surface area contributed by atoms with E-state index in [1.165, 1.54) is 109 Å². The van der Waals surface area contributed by atoms with Gasteiger partial charge in [-0.1, -0.05) is 136 Å². The van der Waals surface area contributed by atoms with Crippen LogP contribution in [0.5, 0.6) is 0 Å². The van der Waals surface area contributed by atoms with E-state index in [1.54, 1.807) is 0 Å². The van der Waals surface area contributed by atoms with Crippen molar-refractivity contribution in [2.45, 2.75) is 161 Å². The van der Waals surface area contributed by atoms with E-state index in [4.69, 9.17) is 9.47 Å². The van der Waals surface area contributed by atoms with Gasteiger partial charge in [0.2, 0.25) is 0 Å². The molecular formula is C28H54O4. The molecule has 4 heteroatoms. The quantitative estimate of drug-likeness (QED) is 0.0745. The van der Waals surface area contributed by atoms with Crippen LogP contribution >= 0.6 is 0 Å². The molecule has 4 nitrogen and oxygen atoms in total. The van der Waals surface area contributed by atoms with Crippen molar-refractivity contribution in [3.05, 3.63) is 0 Å². The zero-order valence-corrected chi connectivity index (χ0v) is 21.6. The van der Waals surface area contributed by atoms with Crippen molar-refractivity contribution in [1.29, 1.82) is 0 Å². The van der Waals surface area contributed by atoms with Gasteiger partial charge in [-0.25, -0.2) is 4.79 Å². The van der Waals surface area contributed by atoms with Crippen LogP contribution in [0.3, 0.4) is 0 Å². The van der Waals surface area contributed by atoms with E-state index >= 15 is 0 Å². The Bertz CT molecular complexity index is 397. The standard InChI is InChI=1S/C28H54O4/c1-3-5-7-9-11-13-15-16-18-20-22-24-27(32-26-29)28(30)31-25-23-21-19-17-14-12-10-8-6-4-2/h26-27H,3-25H2,1-2H3. The molecule has 0 aliphatic heterocycles. The molecule has 0 amide bonds. The van der Waals surface area contributed by atoms with Gasteiger partial charge in [0.1, 0.15) is 0 Å². The summed E-state index contributed by atoms with van der Waals surface area (Å²) in [6.45, 7) is 5.32. The minimum atomic E-state index is -0.728. The van der Waals surface area contributed by atoms with Gasteiger partial charge in [0.05, 0.1) is 6.61 Å². The van der Waals surface area contributed by atoms with Crippen molar-refractivity contribution in [1.82, 2.24) is 0 Å². The topological polar surface area (TPSA) is 52.6 Å². The summed E-state index contributed by atoms with van der Waals surface area (Å²) in [4.78, 5) is 23.0. The highest BCUT2D eigenvalue weighted by Gasteiger charge is 2.20. The van der Waals surface area contributed by atoms with Crippen LogP contribution in [-0.2, 0) is 19.1 Å². The fourth-order valence-electron chi connectivity index (χ4n) is 4.16. The summed E-state index contributed by atoms with van der Waals surface area (Å²) in [7, 11) is 0. The van der Waals surface area contributed by atoms with Gasteiger partial charge in [0, 0.05) is 0 Å². The normalized spacial score (nSPS) is 11.9. The van der Waals surface area contributed by atoms with E-state index < -0.39 is 6.10 Å². The van der Waals surface area contributed by atoms with E-state index in [0.29, 0.717) is 19.5 Å². The molecule has 0 rings (SSSR count). The Balaban J connectivity index is 3.59. The number of hydrogen-bond acceptors (Lipinski definition) is 4. The smallest absolute Gasteiger partial charge is 0.347 e. The van der Waals surface area contributed by atoms with Crippen LogP contribution in [0.2, 0.25) is 0 Å². The Labute approximate surface area is 199 Å². The van der Waals surface area contributed by atoms with Gasteiger partial charge in [-0.05, 0) is 19.3 Å². The van der Waals surface area contributed by atoms with E-state index in [0.717, 1.165) is 25.7 Å². The number of hydrogen-bond donors (Lipinski definition) is 0. The monoisotopic (exact) mass is 454 g/mol. The first-order valence-corrected chi connectivity index (χ1v) is 14.0. The van der Waals surface area contributed by atoms with Crippen LogP contribution in [0.15, 0.2) is 0 Å². The molecule has 1 unspecified atom stereocenters. The van der Waals surface area contributed by atoms with E-state index in [1.807, 2.05) is 0 Å². The number of unbranched alkanes of at least 4 members (excludes halogenated alkanes) is 19. The number of esters is 1. The van der Waals surface area contributed by atoms with Crippen LogP contribution in [-0.4, -0.2) is 25.2 Å². The minimum Gasteiger partial charge on any atom is -0.463 e. The van der Waals surface area contributed by atoms with Crippen molar-refractivity contribution < 1.29 is 19.1 Å². The maximum Gasteiger partial charge on any atom is 0.347 e. The van der Waals surface area contributed by atoms with Crippen molar-refractivity contribution in [3.63, 3.8) is 0 Å². The number of carbonyl (C=O) groups is 2. The Hall–Kier alpha value is -1.06. The molecule has 0 radical (unpaired) electrons. The summed E-state index contributed by atoms with van der Waals surface area (Å²) >= 11 is 0. The third-order valence-electron chi connectivity index (χ3n) is 6.29. The first-order chi connectivity index (χ1) is 15.8. The van der Waals surface area contributed by atoms with Crippen LogP contribution in [0.1, 0.15) is 155 Å². The molecule has 0 N–H and O–H groups in total. The molecule has 0 heterocycles. The second-order valence-electron chi connectivity index (χ2n) is 9.39. The third kappa shape index (κ3) is 22.1. The first-order valence-electron chi connectivity index (χ1n) is 14.0. The lowest BCUT2D eigenvalue weighted by Crippen LogP contribution is -2.26. The molecule has 0 saturated carbocycles. The van der Waals surface area contributed by atoms with Crippen LogP contribution < -0.4 is 0 Å². The highest BCUT2D eigenvalue weighted by molar-refractivity contribution is 5.75. The predicted octanol–water partition coefficient (Wildman–Crippen LogP) is 8.69. The van der Waals surface area contributed by atoms with Crippen LogP contribution in [0.4, 0.5) is 0 Å². The lowest BCUT2D eigenvalue weighted by molar-refractivity contribution is -0.162. The van der Waals surface area contributed by atoms with Crippen molar-refractivity contribution >= 4 is 12.4 Å². The van der Waals surface area contributed by atoms with Crippen molar-refractivity contribution in [2.24, 2.45) is 0 Å².